The molecule has 0 spiro atoms. The van der Waals surface area contributed by atoms with Gasteiger partial charge in [0.1, 0.15) is 5.69 Å². The molecule has 1 aromatic heterocycles. The number of carbonyl (C=O) groups is 1. The summed E-state index contributed by atoms with van der Waals surface area (Å²) in [5.74, 6) is -0.187. The first-order chi connectivity index (χ1) is 9.58. The standard InChI is InChI=1S/C15H17ClN2O2/c1-18-11-5-3-2-4-10(11)12(16)13(18)14(20)17-8-15(9-19)6-7-15/h2-5,19H,6-9H2,1H3,(H,17,20). The third-order valence-electron chi connectivity index (χ3n) is 4.18. The first-order valence-electron chi connectivity index (χ1n) is 6.70. The second-order valence-corrected chi connectivity index (χ2v) is 5.96. The van der Waals surface area contributed by atoms with E-state index in [0.717, 1.165) is 23.7 Å². The van der Waals surface area contributed by atoms with Crippen molar-refractivity contribution in [3.8, 4) is 0 Å². The summed E-state index contributed by atoms with van der Waals surface area (Å²) >= 11 is 6.33. The molecule has 1 aliphatic carbocycles. The van der Waals surface area contributed by atoms with E-state index in [-0.39, 0.29) is 17.9 Å². The Hall–Kier alpha value is -1.52. The molecule has 20 heavy (non-hydrogen) atoms. The number of aryl methyl sites for hydroxylation is 1. The number of carbonyl (C=O) groups excluding carboxylic acids is 1. The monoisotopic (exact) mass is 292 g/mol. The molecular formula is C15H17ClN2O2. The molecule has 1 aliphatic rings. The van der Waals surface area contributed by atoms with Gasteiger partial charge in [0.05, 0.1) is 11.6 Å². The van der Waals surface area contributed by atoms with Crippen LogP contribution in [-0.2, 0) is 7.05 Å². The quantitative estimate of drug-likeness (QED) is 0.909. The Morgan fingerprint density at radius 1 is 1.45 bits per heavy atom. The molecule has 1 aromatic carbocycles. The minimum Gasteiger partial charge on any atom is -0.396 e. The number of aromatic nitrogens is 1. The van der Waals surface area contributed by atoms with E-state index in [2.05, 4.69) is 5.32 Å². The van der Waals surface area contributed by atoms with E-state index in [0.29, 0.717) is 17.3 Å². The lowest BCUT2D eigenvalue weighted by Gasteiger charge is -2.13. The summed E-state index contributed by atoms with van der Waals surface area (Å²) in [4.78, 5) is 12.3. The molecule has 0 bridgehead atoms. The van der Waals surface area contributed by atoms with Crippen LogP contribution in [0.2, 0.25) is 5.02 Å². The normalized spacial score (nSPS) is 16.4. The second-order valence-electron chi connectivity index (χ2n) is 5.58. The maximum atomic E-state index is 12.3. The molecule has 0 unspecified atom stereocenters. The van der Waals surface area contributed by atoms with E-state index in [9.17, 15) is 9.90 Å². The number of nitrogens with zero attached hydrogens (tertiary/aromatic N) is 1. The van der Waals surface area contributed by atoms with Crippen molar-refractivity contribution < 1.29 is 9.90 Å². The van der Waals surface area contributed by atoms with E-state index >= 15 is 0 Å². The van der Waals surface area contributed by atoms with E-state index in [1.54, 1.807) is 0 Å². The van der Waals surface area contributed by atoms with Crippen molar-refractivity contribution in [3.05, 3.63) is 35.0 Å². The van der Waals surface area contributed by atoms with Crippen molar-refractivity contribution in [2.24, 2.45) is 12.5 Å². The van der Waals surface area contributed by atoms with Crippen LogP contribution in [0.15, 0.2) is 24.3 Å². The number of nitrogens with one attached hydrogen (secondary N) is 1. The van der Waals surface area contributed by atoms with Crippen molar-refractivity contribution >= 4 is 28.4 Å². The number of para-hydroxylation sites is 1. The van der Waals surface area contributed by atoms with Crippen LogP contribution in [0, 0.1) is 5.41 Å². The van der Waals surface area contributed by atoms with Gasteiger partial charge in [-0.05, 0) is 18.9 Å². The molecule has 5 heteroatoms. The smallest absolute Gasteiger partial charge is 0.269 e. The molecule has 106 valence electrons. The van der Waals surface area contributed by atoms with Crippen LogP contribution >= 0.6 is 11.6 Å². The highest BCUT2D eigenvalue weighted by molar-refractivity contribution is 6.38. The average molecular weight is 293 g/mol. The number of hydrogen-bond donors (Lipinski definition) is 2. The van der Waals surface area contributed by atoms with E-state index in [1.165, 1.54) is 0 Å². The molecule has 2 aromatic rings. The van der Waals surface area contributed by atoms with Gasteiger partial charge in [-0.15, -0.1) is 0 Å². The molecule has 1 heterocycles. The molecule has 0 atom stereocenters. The summed E-state index contributed by atoms with van der Waals surface area (Å²) < 4.78 is 1.81. The Labute approximate surface area is 122 Å². The lowest BCUT2D eigenvalue weighted by atomic mass is 10.1. The topological polar surface area (TPSA) is 54.3 Å². The van der Waals surface area contributed by atoms with E-state index in [4.69, 9.17) is 11.6 Å². The third-order valence-corrected chi connectivity index (χ3v) is 4.56. The van der Waals surface area contributed by atoms with E-state index < -0.39 is 0 Å². The zero-order valence-corrected chi connectivity index (χ0v) is 12.1. The number of aliphatic hydroxyl groups is 1. The first-order valence-corrected chi connectivity index (χ1v) is 7.08. The highest BCUT2D eigenvalue weighted by atomic mass is 35.5. The Kier molecular flexibility index (Phi) is 3.22. The number of benzene rings is 1. The fourth-order valence-electron chi connectivity index (χ4n) is 2.52. The van der Waals surface area contributed by atoms with E-state index in [1.807, 2.05) is 35.9 Å². The van der Waals surface area contributed by atoms with Gasteiger partial charge in [0, 0.05) is 29.9 Å². The summed E-state index contributed by atoms with van der Waals surface area (Å²) in [6, 6.07) is 7.67. The predicted octanol–water partition coefficient (Wildman–Crippen LogP) is 2.33. The Morgan fingerprint density at radius 2 is 2.15 bits per heavy atom. The second kappa shape index (κ2) is 4.79. The van der Waals surface area contributed by atoms with Crippen LogP contribution in [0.4, 0.5) is 0 Å². The van der Waals surface area contributed by atoms with Gasteiger partial charge in [0.15, 0.2) is 0 Å². The van der Waals surface area contributed by atoms with Gasteiger partial charge in [0.2, 0.25) is 0 Å². The van der Waals surface area contributed by atoms with Crippen LogP contribution in [0.25, 0.3) is 10.9 Å². The third kappa shape index (κ3) is 2.09. The number of rotatable bonds is 4. The summed E-state index contributed by atoms with van der Waals surface area (Å²) in [6.45, 7) is 0.621. The van der Waals surface area contributed by atoms with Crippen molar-refractivity contribution in [1.29, 1.82) is 0 Å². The predicted molar refractivity (Wildman–Crippen MR) is 79.0 cm³/mol. The molecule has 1 amide bonds. The molecule has 0 radical (unpaired) electrons. The van der Waals surface area contributed by atoms with Gasteiger partial charge < -0.3 is 15.0 Å². The van der Waals surface area contributed by atoms with Gasteiger partial charge >= 0.3 is 0 Å². The van der Waals surface area contributed by atoms with Crippen LogP contribution in [0.3, 0.4) is 0 Å². The minimum atomic E-state index is -0.187. The zero-order valence-electron chi connectivity index (χ0n) is 11.3. The highest BCUT2D eigenvalue weighted by Crippen LogP contribution is 2.44. The molecule has 1 fully saturated rings. The molecule has 0 saturated heterocycles. The van der Waals surface area contributed by atoms with Crippen molar-refractivity contribution in [2.45, 2.75) is 12.8 Å². The van der Waals surface area contributed by atoms with Gasteiger partial charge in [-0.25, -0.2) is 0 Å². The number of hydrogen-bond acceptors (Lipinski definition) is 2. The lowest BCUT2D eigenvalue weighted by Crippen LogP contribution is -2.33. The average Bonchev–Trinajstić information content (AvgIpc) is 3.21. The summed E-state index contributed by atoms with van der Waals surface area (Å²) in [6.07, 6.45) is 1.93. The maximum absolute atomic E-state index is 12.3. The number of fused-ring (bicyclic) bond motifs is 1. The fourth-order valence-corrected chi connectivity index (χ4v) is 2.89. The van der Waals surface area contributed by atoms with Gasteiger partial charge in [-0.1, -0.05) is 29.8 Å². The molecule has 2 N–H and O–H groups in total. The van der Waals surface area contributed by atoms with Crippen molar-refractivity contribution in [2.75, 3.05) is 13.2 Å². The Balaban J connectivity index is 1.88. The largest absolute Gasteiger partial charge is 0.396 e. The molecule has 3 rings (SSSR count). The first kappa shape index (κ1) is 13.5. The summed E-state index contributed by atoms with van der Waals surface area (Å²) in [5.41, 5.74) is 1.31. The minimum absolute atomic E-state index is 0.104. The summed E-state index contributed by atoms with van der Waals surface area (Å²) in [7, 11) is 1.84. The summed E-state index contributed by atoms with van der Waals surface area (Å²) in [5, 5.41) is 13.5. The number of amides is 1. The Morgan fingerprint density at radius 3 is 2.75 bits per heavy atom. The van der Waals surface area contributed by atoms with Gasteiger partial charge in [-0.3, -0.25) is 4.79 Å². The van der Waals surface area contributed by atoms with Gasteiger partial charge in [-0.2, -0.15) is 0 Å². The van der Waals surface area contributed by atoms with Crippen LogP contribution in [0.5, 0.6) is 0 Å². The lowest BCUT2D eigenvalue weighted by molar-refractivity contribution is 0.0927. The van der Waals surface area contributed by atoms with Crippen LogP contribution in [0.1, 0.15) is 23.3 Å². The fraction of sp³-hybridized carbons (Fsp3) is 0.400. The molecular weight excluding hydrogens is 276 g/mol. The van der Waals surface area contributed by atoms with Crippen LogP contribution in [-0.4, -0.2) is 28.7 Å². The Bertz CT molecular complexity index is 635. The number of halogens is 1. The zero-order chi connectivity index (χ0) is 14.3. The molecule has 1 saturated carbocycles. The van der Waals surface area contributed by atoms with Crippen molar-refractivity contribution in [3.63, 3.8) is 0 Å². The van der Waals surface area contributed by atoms with Gasteiger partial charge in [0.25, 0.3) is 5.91 Å². The number of aliphatic hydroxyl groups excluding tert-OH is 1. The van der Waals surface area contributed by atoms with Crippen LogP contribution < -0.4 is 5.32 Å². The highest BCUT2D eigenvalue weighted by Gasteiger charge is 2.42. The van der Waals surface area contributed by atoms with Crippen molar-refractivity contribution in [1.82, 2.24) is 9.88 Å². The maximum Gasteiger partial charge on any atom is 0.269 e. The molecule has 4 nitrogen and oxygen atoms in total. The SMILES string of the molecule is Cn1c(C(=O)NCC2(CO)CC2)c(Cl)c2ccccc21. The molecule has 0 aliphatic heterocycles.